The average molecular weight is 340 g/mol. The highest BCUT2D eigenvalue weighted by molar-refractivity contribution is 7.99. The number of hydrogen-bond donors (Lipinski definition) is 1. The third-order valence-corrected chi connectivity index (χ3v) is 4.39. The van der Waals surface area contributed by atoms with Gasteiger partial charge in [-0.2, -0.15) is 0 Å². The standard InChI is InChI=1S/C17H16N4O2S/c1-21-11-10-19-17(21)24-13-7-5-12(6-8-13)20-15(22)14-4-3-9-18-16(14)23-2/h3-11H,1-2H3,(H,20,22). The number of rotatable bonds is 5. The number of methoxy groups -OCH3 is 1. The maximum Gasteiger partial charge on any atom is 0.261 e. The van der Waals surface area contributed by atoms with E-state index in [-0.39, 0.29) is 5.91 Å². The number of ether oxygens (including phenoxy) is 1. The topological polar surface area (TPSA) is 69.0 Å². The quantitative estimate of drug-likeness (QED) is 0.772. The normalized spacial score (nSPS) is 10.4. The van der Waals surface area contributed by atoms with Crippen molar-refractivity contribution in [3.63, 3.8) is 0 Å². The Bertz CT molecular complexity index is 846. The number of nitrogens with one attached hydrogen (secondary N) is 1. The molecular weight excluding hydrogens is 324 g/mol. The molecule has 6 nitrogen and oxygen atoms in total. The van der Waals surface area contributed by atoms with Crippen LogP contribution >= 0.6 is 11.8 Å². The first-order valence-electron chi connectivity index (χ1n) is 7.23. The van der Waals surface area contributed by atoms with E-state index in [4.69, 9.17) is 4.74 Å². The summed E-state index contributed by atoms with van der Waals surface area (Å²) in [4.78, 5) is 21.7. The van der Waals surface area contributed by atoms with Crippen molar-refractivity contribution >= 4 is 23.4 Å². The van der Waals surface area contributed by atoms with Crippen LogP contribution in [-0.4, -0.2) is 27.6 Å². The minimum absolute atomic E-state index is 0.260. The molecule has 3 aromatic rings. The number of carbonyl (C=O) groups excluding carboxylic acids is 1. The minimum Gasteiger partial charge on any atom is -0.480 e. The summed E-state index contributed by atoms with van der Waals surface area (Å²) in [6.45, 7) is 0. The van der Waals surface area contributed by atoms with Gasteiger partial charge in [-0.05, 0) is 36.4 Å². The number of aryl methyl sites for hydroxylation is 1. The number of anilines is 1. The van der Waals surface area contributed by atoms with Gasteiger partial charge in [-0.15, -0.1) is 0 Å². The Morgan fingerprint density at radius 3 is 2.62 bits per heavy atom. The fraction of sp³-hybridized carbons (Fsp3) is 0.118. The Kier molecular flexibility index (Phi) is 4.81. The molecule has 2 aromatic heterocycles. The fourth-order valence-electron chi connectivity index (χ4n) is 2.09. The van der Waals surface area contributed by atoms with E-state index in [1.54, 1.807) is 36.3 Å². The van der Waals surface area contributed by atoms with Crippen molar-refractivity contribution in [3.8, 4) is 5.88 Å². The first-order valence-corrected chi connectivity index (χ1v) is 8.04. The number of aromatic nitrogens is 3. The van der Waals surface area contributed by atoms with Crippen LogP contribution in [0.1, 0.15) is 10.4 Å². The van der Waals surface area contributed by atoms with Crippen LogP contribution in [0.4, 0.5) is 5.69 Å². The lowest BCUT2D eigenvalue weighted by Gasteiger charge is -2.09. The molecule has 0 bridgehead atoms. The largest absolute Gasteiger partial charge is 0.480 e. The molecule has 24 heavy (non-hydrogen) atoms. The summed E-state index contributed by atoms with van der Waals surface area (Å²) in [7, 11) is 3.44. The molecule has 1 aromatic carbocycles. The third kappa shape index (κ3) is 3.57. The molecule has 7 heteroatoms. The maximum atomic E-state index is 12.3. The first-order chi connectivity index (χ1) is 11.7. The van der Waals surface area contributed by atoms with Crippen molar-refractivity contribution in [2.45, 2.75) is 10.1 Å². The van der Waals surface area contributed by atoms with Crippen LogP contribution in [0.15, 0.2) is 65.0 Å². The molecule has 0 aliphatic heterocycles. The highest BCUT2D eigenvalue weighted by Crippen LogP contribution is 2.27. The molecule has 1 amide bonds. The zero-order valence-corrected chi connectivity index (χ0v) is 14.1. The Labute approximate surface area is 143 Å². The Balaban J connectivity index is 1.70. The monoisotopic (exact) mass is 340 g/mol. The molecule has 0 unspecified atom stereocenters. The molecule has 0 saturated carbocycles. The summed E-state index contributed by atoms with van der Waals surface area (Å²) >= 11 is 1.56. The van der Waals surface area contributed by atoms with Gasteiger partial charge in [0, 0.05) is 36.2 Å². The van der Waals surface area contributed by atoms with Crippen LogP contribution < -0.4 is 10.1 Å². The summed E-state index contributed by atoms with van der Waals surface area (Å²) in [5.74, 6) is 0.0430. The van der Waals surface area contributed by atoms with E-state index in [2.05, 4.69) is 15.3 Å². The van der Waals surface area contributed by atoms with Crippen LogP contribution in [0, 0.1) is 0 Å². The van der Waals surface area contributed by atoms with Gasteiger partial charge in [0.25, 0.3) is 5.91 Å². The van der Waals surface area contributed by atoms with Gasteiger partial charge >= 0.3 is 0 Å². The van der Waals surface area contributed by atoms with E-state index in [0.717, 1.165) is 10.1 Å². The van der Waals surface area contributed by atoms with E-state index in [0.29, 0.717) is 17.1 Å². The minimum atomic E-state index is -0.260. The second-order valence-electron chi connectivity index (χ2n) is 4.96. The second kappa shape index (κ2) is 7.18. The van der Waals surface area contributed by atoms with Gasteiger partial charge in [-0.3, -0.25) is 4.79 Å². The van der Waals surface area contributed by atoms with Crippen LogP contribution in [0.25, 0.3) is 0 Å². The molecule has 0 aliphatic carbocycles. The average Bonchev–Trinajstić information content (AvgIpc) is 3.01. The van der Waals surface area contributed by atoms with E-state index >= 15 is 0 Å². The molecule has 0 atom stereocenters. The highest BCUT2D eigenvalue weighted by atomic mass is 32.2. The summed E-state index contributed by atoms with van der Waals surface area (Å²) < 4.78 is 7.06. The second-order valence-corrected chi connectivity index (χ2v) is 6.00. The molecule has 3 rings (SSSR count). The van der Waals surface area contributed by atoms with E-state index < -0.39 is 0 Å². The van der Waals surface area contributed by atoms with Gasteiger partial charge < -0.3 is 14.6 Å². The number of imidazole rings is 1. The van der Waals surface area contributed by atoms with Gasteiger partial charge in [0.05, 0.1) is 7.11 Å². The molecule has 122 valence electrons. The van der Waals surface area contributed by atoms with Gasteiger partial charge in [0.1, 0.15) is 5.56 Å². The molecular formula is C17H16N4O2S. The number of benzene rings is 1. The van der Waals surface area contributed by atoms with Gasteiger partial charge in [-0.25, -0.2) is 9.97 Å². The van der Waals surface area contributed by atoms with E-state index in [1.807, 2.05) is 42.1 Å². The van der Waals surface area contributed by atoms with Crippen molar-refractivity contribution in [1.82, 2.24) is 14.5 Å². The third-order valence-electron chi connectivity index (χ3n) is 3.31. The Hall–Kier alpha value is -2.80. The molecule has 2 heterocycles. The SMILES string of the molecule is COc1ncccc1C(=O)Nc1ccc(Sc2nccn2C)cc1. The predicted molar refractivity (Wildman–Crippen MR) is 92.5 cm³/mol. The maximum absolute atomic E-state index is 12.3. The molecule has 0 saturated heterocycles. The predicted octanol–water partition coefficient (Wildman–Crippen LogP) is 3.23. The summed E-state index contributed by atoms with van der Waals surface area (Å²) in [6.07, 6.45) is 5.25. The van der Waals surface area contributed by atoms with Crippen LogP contribution in [0.2, 0.25) is 0 Å². The Morgan fingerprint density at radius 1 is 1.17 bits per heavy atom. The zero-order valence-electron chi connectivity index (χ0n) is 13.3. The number of nitrogens with zero attached hydrogens (tertiary/aromatic N) is 3. The number of hydrogen-bond acceptors (Lipinski definition) is 5. The molecule has 0 spiro atoms. The molecule has 1 N–H and O–H groups in total. The smallest absolute Gasteiger partial charge is 0.261 e. The van der Waals surface area contributed by atoms with E-state index in [9.17, 15) is 4.79 Å². The zero-order chi connectivity index (χ0) is 16.9. The fourth-order valence-corrected chi connectivity index (χ4v) is 2.89. The van der Waals surface area contributed by atoms with E-state index in [1.165, 1.54) is 7.11 Å². The lowest BCUT2D eigenvalue weighted by molar-refractivity contribution is 0.102. The molecule has 0 fully saturated rings. The van der Waals surface area contributed by atoms with Crippen molar-refractivity contribution in [1.29, 1.82) is 0 Å². The van der Waals surface area contributed by atoms with Crippen LogP contribution in [-0.2, 0) is 7.05 Å². The number of amides is 1. The van der Waals surface area contributed by atoms with Crippen molar-refractivity contribution in [2.75, 3.05) is 12.4 Å². The van der Waals surface area contributed by atoms with Crippen molar-refractivity contribution in [3.05, 3.63) is 60.6 Å². The van der Waals surface area contributed by atoms with Gasteiger partial charge in [-0.1, -0.05) is 11.8 Å². The molecule has 0 aliphatic rings. The summed E-state index contributed by atoms with van der Waals surface area (Å²) in [5.41, 5.74) is 1.10. The van der Waals surface area contributed by atoms with Gasteiger partial charge in [0.2, 0.25) is 5.88 Å². The van der Waals surface area contributed by atoms with Crippen LogP contribution in [0.3, 0.4) is 0 Å². The lowest BCUT2D eigenvalue weighted by atomic mass is 10.2. The summed E-state index contributed by atoms with van der Waals surface area (Å²) in [6, 6.07) is 11.0. The lowest BCUT2D eigenvalue weighted by Crippen LogP contribution is -2.13. The molecule has 0 radical (unpaired) electrons. The summed E-state index contributed by atoms with van der Waals surface area (Å²) in [5, 5.41) is 3.75. The highest BCUT2D eigenvalue weighted by Gasteiger charge is 2.13. The van der Waals surface area contributed by atoms with Crippen LogP contribution in [0.5, 0.6) is 5.88 Å². The number of pyridine rings is 1. The van der Waals surface area contributed by atoms with Crippen molar-refractivity contribution < 1.29 is 9.53 Å². The Morgan fingerprint density at radius 2 is 1.96 bits per heavy atom. The number of carbonyl (C=O) groups is 1. The first kappa shape index (κ1) is 16.1. The van der Waals surface area contributed by atoms with Gasteiger partial charge in [0.15, 0.2) is 5.16 Å². The van der Waals surface area contributed by atoms with Crippen molar-refractivity contribution in [2.24, 2.45) is 7.05 Å².